The monoisotopic (exact) mass is 376 g/mol. The normalized spacial score (nSPS) is 20.5. The Labute approximate surface area is 141 Å². The van der Waals surface area contributed by atoms with Crippen LogP contribution in [0.15, 0.2) is 29.2 Å². The Balaban J connectivity index is 2.18. The van der Waals surface area contributed by atoms with Gasteiger partial charge in [0.25, 0.3) is 0 Å². The molecule has 0 saturated carbocycles. The SMILES string of the molecule is COCCCNS(=O)(=O)c1ccc(N2C(=O)C(C)CS2(=O)=O)cc1. The highest BCUT2D eigenvalue weighted by Gasteiger charge is 2.41. The van der Waals surface area contributed by atoms with Gasteiger partial charge in [-0.1, -0.05) is 6.92 Å². The van der Waals surface area contributed by atoms with E-state index in [1.165, 1.54) is 31.4 Å². The van der Waals surface area contributed by atoms with E-state index < -0.39 is 31.9 Å². The summed E-state index contributed by atoms with van der Waals surface area (Å²) in [6.45, 7) is 2.21. The van der Waals surface area contributed by atoms with Gasteiger partial charge in [-0.05, 0) is 30.7 Å². The van der Waals surface area contributed by atoms with Crippen molar-refractivity contribution < 1.29 is 26.4 Å². The van der Waals surface area contributed by atoms with E-state index in [1.54, 1.807) is 6.92 Å². The van der Waals surface area contributed by atoms with Gasteiger partial charge in [-0.3, -0.25) is 4.79 Å². The van der Waals surface area contributed by atoms with E-state index in [0.29, 0.717) is 13.0 Å². The number of carbonyl (C=O) groups excluding carboxylic acids is 1. The van der Waals surface area contributed by atoms with Crippen molar-refractivity contribution in [3.8, 4) is 0 Å². The Morgan fingerprint density at radius 3 is 2.42 bits per heavy atom. The zero-order chi connectivity index (χ0) is 18.0. The molecule has 1 amide bonds. The zero-order valence-corrected chi connectivity index (χ0v) is 15.1. The number of sulfonamides is 2. The van der Waals surface area contributed by atoms with Gasteiger partial charge >= 0.3 is 0 Å². The van der Waals surface area contributed by atoms with Crippen LogP contribution in [0.2, 0.25) is 0 Å². The third-order valence-electron chi connectivity index (χ3n) is 3.56. The minimum atomic E-state index is -3.70. The molecule has 0 aromatic heterocycles. The number of methoxy groups -OCH3 is 1. The van der Waals surface area contributed by atoms with Crippen LogP contribution in [0.1, 0.15) is 13.3 Å². The average molecular weight is 376 g/mol. The van der Waals surface area contributed by atoms with Crippen LogP contribution < -0.4 is 9.03 Å². The van der Waals surface area contributed by atoms with Crippen LogP contribution in [0.5, 0.6) is 0 Å². The van der Waals surface area contributed by atoms with E-state index in [1.807, 2.05) is 0 Å². The van der Waals surface area contributed by atoms with Gasteiger partial charge in [0.15, 0.2) is 0 Å². The van der Waals surface area contributed by atoms with Crippen molar-refractivity contribution in [2.75, 3.05) is 30.3 Å². The predicted octanol–water partition coefficient (Wildman–Crippen LogP) is 0.314. The number of anilines is 1. The molecule has 134 valence electrons. The van der Waals surface area contributed by atoms with Crippen molar-refractivity contribution >= 4 is 31.6 Å². The second-order valence-electron chi connectivity index (χ2n) is 5.52. The first-order chi connectivity index (χ1) is 11.2. The molecule has 1 heterocycles. The van der Waals surface area contributed by atoms with Crippen LogP contribution in [0.25, 0.3) is 0 Å². The molecule has 0 bridgehead atoms. The van der Waals surface area contributed by atoms with Gasteiger partial charge in [-0.15, -0.1) is 0 Å². The Morgan fingerprint density at radius 2 is 1.92 bits per heavy atom. The molecule has 0 aliphatic carbocycles. The van der Waals surface area contributed by atoms with Gasteiger partial charge < -0.3 is 4.74 Å². The van der Waals surface area contributed by atoms with Gasteiger partial charge in [-0.2, -0.15) is 0 Å². The highest BCUT2D eigenvalue weighted by atomic mass is 32.2. The molecule has 1 saturated heterocycles. The molecular formula is C14H20N2O6S2. The smallest absolute Gasteiger partial charge is 0.244 e. The van der Waals surface area contributed by atoms with E-state index in [0.717, 1.165) is 4.31 Å². The van der Waals surface area contributed by atoms with E-state index in [4.69, 9.17) is 4.74 Å². The Bertz CT molecular complexity index is 802. The predicted molar refractivity (Wildman–Crippen MR) is 88.6 cm³/mol. The third kappa shape index (κ3) is 3.94. The summed E-state index contributed by atoms with van der Waals surface area (Å²) < 4.78 is 56.3. The summed E-state index contributed by atoms with van der Waals surface area (Å²) in [6, 6.07) is 5.19. The van der Waals surface area contributed by atoms with Crippen molar-refractivity contribution in [3.05, 3.63) is 24.3 Å². The summed E-state index contributed by atoms with van der Waals surface area (Å²) in [4.78, 5) is 12.0. The highest BCUT2D eigenvalue weighted by molar-refractivity contribution is 7.94. The second-order valence-corrected chi connectivity index (χ2v) is 9.15. The van der Waals surface area contributed by atoms with Gasteiger partial charge in [-0.25, -0.2) is 25.9 Å². The molecule has 2 rings (SSSR count). The van der Waals surface area contributed by atoms with Crippen LogP contribution in [-0.2, 0) is 29.6 Å². The molecule has 1 N–H and O–H groups in total. The van der Waals surface area contributed by atoms with E-state index >= 15 is 0 Å². The number of nitrogens with one attached hydrogen (secondary N) is 1. The molecule has 1 fully saturated rings. The van der Waals surface area contributed by atoms with Crippen LogP contribution in [0.4, 0.5) is 5.69 Å². The van der Waals surface area contributed by atoms with Gasteiger partial charge in [0, 0.05) is 20.3 Å². The average Bonchev–Trinajstić information content (AvgIpc) is 2.72. The fourth-order valence-corrected chi connectivity index (χ4v) is 5.25. The second kappa shape index (κ2) is 7.18. The Kier molecular flexibility index (Phi) is 5.63. The number of carbonyl (C=O) groups is 1. The first-order valence-corrected chi connectivity index (χ1v) is 10.4. The standard InChI is InChI=1S/C14H20N2O6S2/c1-11-10-23(18,19)16(14(11)17)12-4-6-13(7-5-12)24(20,21)15-8-3-9-22-2/h4-7,11,15H,3,8-10H2,1-2H3. The van der Waals surface area contributed by atoms with Gasteiger partial charge in [0.1, 0.15) is 0 Å². The highest BCUT2D eigenvalue weighted by Crippen LogP contribution is 2.28. The summed E-state index contributed by atoms with van der Waals surface area (Å²) in [5.41, 5.74) is 0.141. The van der Waals surface area contributed by atoms with E-state index in [-0.39, 0.29) is 22.9 Å². The molecule has 1 aliphatic heterocycles. The number of ether oxygens (including phenoxy) is 1. The van der Waals surface area contributed by atoms with Crippen molar-refractivity contribution in [2.45, 2.75) is 18.2 Å². The molecule has 10 heteroatoms. The molecule has 24 heavy (non-hydrogen) atoms. The first-order valence-electron chi connectivity index (χ1n) is 7.34. The van der Waals surface area contributed by atoms with Gasteiger partial charge in [0.2, 0.25) is 26.0 Å². The van der Waals surface area contributed by atoms with Crippen molar-refractivity contribution in [1.29, 1.82) is 0 Å². The van der Waals surface area contributed by atoms with Crippen molar-refractivity contribution in [2.24, 2.45) is 5.92 Å². The Morgan fingerprint density at radius 1 is 1.29 bits per heavy atom. The molecule has 1 atom stereocenters. The number of nitrogens with zero attached hydrogens (tertiary/aromatic N) is 1. The van der Waals surface area contributed by atoms with Crippen molar-refractivity contribution in [1.82, 2.24) is 4.72 Å². The maximum Gasteiger partial charge on any atom is 0.244 e. The molecule has 1 unspecified atom stereocenters. The van der Waals surface area contributed by atoms with E-state index in [9.17, 15) is 21.6 Å². The fraction of sp³-hybridized carbons (Fsp3) is 0.500. The summed E-state index contributed by atoms with van der Waals surface area (Å²) >= 11 is 0. The van der Waals surface area contributed by atoms with E-state index in [2.05, 4.69) is 4.72 Å². The quantitative estimate of drug-likeness (QED) is 0.686. The number of hydrogen-bond donors (Lipinski definition) is 1. The number of benzene rings is 1. The lowest BCUT2D eigenvalue weighted by Gasteiger charge is -2.15. The lowest BCUT2D eigenvalue weighted by atomic mass is 10.2. The lowest BCUT2D eigenvalue weighted by molar-refractivity contribution is -0.119. The molecule has 8 nitrogen and oxygen atoms in total. The fourth-order valence-electron chi connectivity index (χ4n) is 2.35. The van der Waals surface area contributed by atoms with Crippen LogP contribution in [-0.4, -0.2) is 48.8 Å². The maximum absolute atomic E-state index is 12.1. The molecule has 1 aromatic rings. The van der Waals surface area contributed by atoms with Crippen LogP contribution in [0, 0.1) is 5.92 Å². The zero-order valence-electron chi connectivity index (χ0n) is 13.4. The topological polar surface area (TPSA) is 110 Å². The van der Waals surface area contributed by atoms with Crippen LogP contribution in [0.3, 0.4) is 0 Å². The number of rotatable bonds is 7. The van der Waals surface area contributed by atoms with Gasteiger partial charge in [0.05, 0.1) is 22.3 Å². The number of amides is 1. The summed E-state index contributed by atoms with van der Waals surface area (Å²) in [7, 11) is -5.87. The molecule has 1 aromatic carbocycles. The minimum Gasteiger partial charge on any atom is -0.385 e. The maximum atomic E-state index is 12.1. The molecule has 0 spiro atoms. The largest absolute Gasteiger partial charge is 0.385 e. The van der Waals surface area contributed by atoms with Crippen LogP contribution >= 0.6 is 0 Å². The molecule has 0 radical (unpaired) electrons. The number of hydrogen-bond acceptors (Lipinski definition) is 6. The third-order valence-corrected chi connectivity index (χ3v) is 6.90. The molecule has 1 aliphatic rings. The summed E-state index contributed by atoms with van der Waals surface area (Å²) in [6.07, 6.45) is 0.534. The summed E-state index contributed by atoms with van der Waals surface area (Å²) in [5, 5.41) is 0. The van der Waals surface area contributed by atoms with Crippen molar-refractivity contribution in [3.63, 3.8) is 0 Å². The Hall–Kier alpha value is -1.49. The molecular weight excluding hydrogens is 356 g/mol. The minimum absolute atomic E-state index is 0.000703. The lowest BCUT2D eigenvalue weighted by Crippen LogP contribution is -2.30. The summed E-state index contributed by atoms with van der Waals surface area (Å²) in [5.74, 6) is -1.36. The first kappa shape index (κ1) is 18.8.